The van der Waals surface area contributed by atoms with Gasteiger partial charge in [-0.05, 0) is 47.7 Å². The molecule has 0 aliphatic heterocycles. The van der Waals surface area contributed by atoms with Crippen LogP contribution >= 0.6 is 23.6 Å². The van der Waals surface area contributed by atoms with Gasteiger partial charge in [0.05, 0.1) is 17.3 Å². The van der Waals surface area contributed by atoms with E-state index >= 15 is 0 Å². The van der Waals surface area contributed by atoms with Crippen LogP contribution in [0.25, 0.3) is 0 Å². The predicted octanol–water partition coefficient (Wildman–Crippen LogP) is 3.47. The zero-order chi connectivity index (χ0) is 15.4. The number of nitrogens with two attached hydrogens (primary N) is 1. The molecule has 4 nitrogen and oxygen atoms in total. The molecule has 21 heavy (non-hydrogen) atoms. The first-order valence-corrected chi connectivity index (χ1v) is 8.40. The van der Waals surface area contributed by atoms with Gasteiger partial charge in [-0.3, -0.25) is 0 Å². The Morgan fingerprint density at radius 1 is 1.38 bits per heavy atom. The second kappa shape index (κ2) is 6.95. The van der Waals surface area contributed by atoms with Crippen LogP contribution in [-0.4, -0.2) is 15.2 Å². The molecule has 0 aliphatic carbocycles. The molecule has 2 aromatic rings. The normalized spacial score (nSPS) is 12.1. The number of rotatable bonds is 6. The minimum absolute atomic E-state index is 0.135. The Bertz CT molecular complexity index is 623. The van der Waals surface area contributed by atoms with E-state index in [9.17, 15) is 0 Å². The van der Waals surface area contributed by atoms with E-state index in [2.05, 4.69) is 53.1 Å². The number of aromatic nitrogens is 2. The fraction of sp³-hybridized carbons (Fsp3) is 0.400. The van der Waals surface area contributed by atoms with Gasteiger partial charge in [-0.2, -0.15) is 16.4 Å². The zero-order valence-electron chi connectivity index (χ0n) is 12.5. The first-order chi connectivity index (χ1) is 10.1. The third kappa shape index (κ3) is 3.39. The summed E-state index contributed by atoms with van der Waals surface area (Å²) in [6.45, 7) is 6.24. The maximum atomic E-state index is 5.93. The minimum atomic E-state index is 0.135. The zero-order valence-corrected chi connectivity index (χ0v) is 14.1. The molecule has 2 heterocycles. The number of thiocarbonyl (C=S) groups is 1. The van der Waals surface area contributed by atoms with Crippen LogP contribution in [0.5, 0.6) is 0 Å². The van der Waals surface area contributed by atoms with Crippen LogP contribution in [-0.2, 0) is 12.8 Å². The number of aryl methyl sites for hydroxylation is 1. The highest BCUT2D eigenvalue weighted by Gasteiger charge is 2.18. The van der Waals surface area contributed by atoms with Gasteiger partial charge in [0.1, 0.15) is 4.99 Å². The van der Waals surface area contributed by atoms with Crippen molar-refractivity contribution in [1.82, 2.24) is 10.2 Å². The molecule has 0 aromatic carbocycles. The van der Waals surface area contributed by atoms with Crippen molar-refractivity contribution < 1.29 is 0 Å². The van der Waals surface area contributed by atoms with Crippen LogP contribution in [0.15, 0.2) is 16.8 Å². The number of nitrogens with one attached hydrogen (secondary N) is 1. The van der Waals surface area contributed by atoms with Crippen LogP contribution < -0.4 is 11.1 Å². The van der Waals surface area contributed by atoms with Crippen molar-refractivity contribution in [2.45, 2.75) is 39.7 Å². The first-order valence-electron chi connectivity index (χ1n) is 7.05. The quantitative estimate of drug-likeness (QED) is 0.798. The van der Waals surface area contributed by atoms with Crippen molar-refractivity contribution in [1.29, 1.82) is 0 Å². The van der Waals surface area contributed by atoms with Crippen molar-refractivity contribution in [2.24, 2.45) is 5.73 Å². The molecule has 0 saturated heterocycles. The highest BCUT2D eigenvalue weighted by atomic mass is 32.1. The van der Waals surface area contributed by atoms with E-state index < -0.39 is 0 Å². The largest absolute Gasteiger partial charge is 0.389 e. The summed E-state index contributed by atoms with van der Waals surface area (Å²) in [6, 6.07) is 2.23. The van der Waals surface area contributed by atoms with Gasteiger partial charge < -0.3 is 11.1 Å². The molecule has 0 fully saturated rings. The van der Waals surface area contributed by atoms with Gasteiger partial charge >= 0.3 is 0 Å². The summed E-state index contributed by atoms with van der Waals surface area (Å²) < 4.78 is 0. The molecule has 2 rings (SSSR count). The SMILES string of the molecule is CCc1nnc(NC(C)c2ccsc2)c(C(N)=S)c1CC. The van der Waals surface area contributed by atoms with Gasteiger partial charge in [0.2, 0.25) is 0 Å². The summed E-state index contributed by atoms with van der Waals surface area (Å²) in [5, 5.41) is 16.2. The van der Waals surface area contributed by atoms with E-state index in [1.165, 1.54) is 5.56 Å². The molecule has 1 atom stereocenters. The number of thiophene rings is 1. The van der Waals surface area contributed by atoms with Crippen molar-refractivity contribution >= 4 is 34.4 Å². The Hall–Kier alpha value is -1.53. The van der Waals surface area contributed by atoms with Crippen molar-refractivity contribution in [2.75, 3.05) is 5.32 Å². The maximum Gasteiger partial charge on any atom is 0.159 e. The van der Waals surface area contributed by atoms with Crippen LogP contribution in [0.3, 0.4) is 0 Å². The van der Waals surface area contributed by atoms with Gasteiger partial charge in [0.25, 0.3) is 0 Å². The Morgan fingerprint density at radius 3 is 2.67 bits per heavy atom. The first kappa shape index (κ1) is 15.9. The lowest BCUT2D eigenvalue weighted by atomic mass is 10.0. The third-order valence-electron chi connectivity index (χ3n) is 3.49. The highest BCUT2D eigenvalue weighted by Crippen LogP contribution is 2.25. The minimum Gasteiger partial charge on any atom is -0.389 e. The van der Waals surface area contributed by atoms with Gasteiger partial charge in [0.15, 0.2) is 5.82 Å². The summed E-state index contributed by atoms with van der Waals surface area (Å²) in [5.74, 6) is 0.676. The van der Waals surface area contributed by atoms with Gasteiger partial charge in [0, 0.05) is 0 Å². The van der Waals surface area contributed by atoms with Crippen LogP contribution in [0.1, 0.15) is 49.2 Å². The fourth-order valence-corrected chi connectivity index (χ4v) is 3.32. The molecule has 6 heteroatoms. The summed E-state index contributed by atoms with van der Waals surface area (Å²) >= 11 is 6.91. The average molecular weight is 320 g/mol. The lowest BCUT2D eigenvalue weighted by molar-refractivity contribution is 0.833. The predicted molar refractivity (Wildman–Crippen MR) is 93.0 cm³/mol. The van der Waals surface area contributed by atoms with Crippen LogP contribution in [0.4, 0.5) is 5.82 Å². The number of hydrogen-bond donors (Lipinski definition) is 2. The number of hydrogen-bond acceptors (Lipinski definition) is 5. The maximum absolute atomic E-state index is 5.93. The van der Waals surface area contributed by atoms with E-state index in [1.54, 1.807) is 11.3 Å². The molecule has 3 N–H and O–H groups in total. The topological polar surface area (TPSA) is 63.8 Å². The summed E-state index contributed by atoms with van der Waals surface area (Å²) in [4.78, 5) is 0.372. The van der Waals surface area contributed by atoms with Crippen molar-refractivity contribution in [3.8, 4) is 0 Å². The lowest BCUT2D eigenvalue weighted by Crippen LogP contribution is -2.20. The standard InChI is InChI=1S/C15H20N4S2/c1-4-11-12(5-2)18-19-15(13(11)14(16)20)17-9(3)10-6-7-21-8-10/h6-9H,4-5H2,1-3H3,(H2,16,20)(H,17,19). The summed E-state index contributed by atoms with van der Waals surface area (Å²) in [5.41, 5.74) is 10.0. The third-order valence-corrected chi connectivity index (χ3v) is 4.39. The summed E-state index contributed by atoms with van der Waals surface area (Å²) in [7, 11) is 0. The monoisotopic (exact) mass is 320 g/mol. The number of anilines is 1. The molecule has 1 unspecified atom stereocenters. The highest BCUT2D eigenvalue weighted by molar-refractivity contribution is 7.80. The van der Waals surface area contributed by atoms with Gasteiger partial charge in [-0.15, -0.1) is 5.10 Å². The smallest absolute Gasteiger partial charge is 0.159 e. The second-order valence-corrected chi connectivity index (χ2v) is 6.06. The number of nitrogens with zero attached hydrogens (tertiary/aromatic N) is 2. The molecule has 0 bridgehead atoms. The second-order valence-electron chi connectivity index (χ2n) is 4.84. The molecule has 0 aliphatic rings. The molecule has 2 aromatic heterocycles. The van der Waals surface area contributed by atoms with Crippen LogP contribution in [0, 0.1) is 0 Å². The molecular weight excluding hydrogens is 300 g/mol. The van der Waals surface area contributed by atoms with E-state index in [0.29, 0.717) is 10.8 Å². The van der Waals surface area contributed by atoms with Crippen LogP contribution in [0.2, 0.25) is 0 Å². The van der Waals surface area contributed by atoms with Gasteiger partial charge in [-0.1, -0.05) is 26.1 Å². The Kier molecular flexibility index (Phi) is 5.25. The molecule has 0 spiro atoms. The van der Waals surface area contributed by atoms with E-state index in [0.717, 1.165) is 29.7 Å². The van der Waals surface area contributed by atoms with Crippen molar-refractivity contribution in [3.05, 3.63) is 39.2 Å². The van der Waals surface area contributed by atoms with E-state index in [1.807, 2.05) is 0 Å². The molecule has 112 valence electrons. The van der Waals surface area contributed by atoms with Crippen molar-refractivity contribution in [3.63, 3.8) is 0 Å². The average Bonchev–Trinajstić information content (AvgIpc) is 3.00. The summed E-state index contributed by atoms with van der Waals surface area (Å²) in [6.07, 6.45) is 1.67. The Balaban J connectivity index is 2.41. The fourth-order valence-electron chi connectivity index (χ4n) is 2.35. The molecular formula is C15H20N4S2. The van der Waals surface area contributed by atoms with E-state index in [4.69, 9.17) is 18.0 Å². The Labute approximate surface area is 134 Å². The van der Waals surface area contributed by atoms with E-state index in [-0.39, 0.29) is 6.04 Å². The Morgan fingerprint density at radius 2 is 2.14 bits per heavy atom. The molecule has 0 amide bonds. The molecule has 0 radical (unpaired) electrons. The van der Waals surface area contributed by atoms with Gasteiger partial charge in [-0.25, -0.2) is 0 Å². The molecule has 0 saturated carbocycles. The lowest BCUT2D eigenvalue weighted by Gasteiger charge is -2.19.